The maximum absolute atomic E-state index is 9.10. The second kappa shape index (κ2) is 9.81. The summed E-state index contributed by atoms with van der Waals surface area (Å²) in [5, 5.41) is 8.92. The zero-order valence-corrected chi connectivity index (χ0v) is 17.3. The fourth-order valence-electron chi connectivity index (χ4n) is 5.34. The third kappa shape index (κ3) is 4.97. The lowest BCUT2D eigenvalue weighted by Crippen LogP contribution is -2.38. The fourth-order valence-corrected chi connectivity index (χ4v) is 5.56. The van der Waals surface area contributed by atoms with Gasteiger partial charge in [0.2, 0.25) is 0 Å². The zero-order valence-electron chi connectivity index (χ0n) is 16.5. The van der Waals surface area contributed by atoms with Crippen LogP contribution in [0.2, 0.25) is 0 Å². The molecule has 3 aliphatic rings. The molecule has 1 aliphatic heterocycles. The number of alkyl halides is 1. The molecule has 2 saturated carbocycles. The SMILES string of the molecule is CC(C#N)C[C@@H](C)[C@@H](Cl)B1O[C@H](C2CCCCC2)[C@@H](C2CCCCC2)O1. The van der Waals surface area contributed by atoms with Gasteiger partial charge in [0, 0.05) is 5.92 Å². The molecule has 2 aliphatic carbocycles. The molecule has 0 radical (unpaired) electrons. The van der Waals surface area contributed by atoms with Crippen molar-refractivity contribution in [3.63, 3.8) is 0 Å². The molecule has 0 aromatic carbocycles. The van der Waals surface area contributed by atoms with Crippen molar-refractivity contribution in [2.75, 3.05) is 0 Å². The summed E-state index contributed by atoms with van der Waals surface area (Å²) in [5.74, 6) is 1.51. The Morgan fingerprint density at radius 3 is 1.81 bits per heavy atom. The summed E-state index contributed by atoms with van der Waals surface area (Å²) >= 11 is 6.79. The summed E-state index contributed by atoms with van der Waals surface area (Å²) in [7, 11) is -0.309. The van der Waals surface area contributed by atoms with Crippen molar-refractivity contribution in [1.29, 1.82) is 5.26 Å². The molecule has 5 atom stereocenters. The minimum Gasteiger partial charge on any atom is -0.404 e. The summed E-state index contributed by atoms with van der Waals surface area (Å²) in [6.07, 6.45) is 14.4. The van der Waals surface area contributed by atoms with E-state index < -0.39 is 0 Å². The van der Waals surface area contributed by atoms with Crippen LogP contribution < -0.4 is 0 Å². The van der Waals surface area contributed by atoms with Gasteiger partial charge in [0.25, 0.3) is 0 Å². The van der Waals surface area contributed by atoms with E-state index in [1.807, 2.05) is 6.92 Å². The van der Waals surface area contributed by atoms with Crippen LogP contribution in [0.25, 0.3) is 0 Å². The van der Waals surface area contributed by atoms with Crippen LogP contribution in [0.4, 0.5) is 0 Å². The molecule has 1 unspecified atom stereocenters. The lowest BCUT2D eigenvalue weighted by molar-refractivity contribution is 0.0324. The van der Waals surface area contributed by atoms with Crippen LogP contribution in [-0.2, 0) is 9.31 Å². The Hall–Kier alpha value is -0.235. The van der Waals surface area contributed by atoms with Gasteiger partial charge in [-0.05, 0) is 56.8 Å². The minimum atomic E-state index is -0.309. The molecule has 3 nitrogen and oxygen atoms in total. The number of hydrogen-bond donors (Lipinski definition) is 0. The maximum Gasteiger partial charge on any atom is 0.476 e. The van der Waals surface area contributed by atoms with Gasteiger partial charge in [-0.1, -0.05) is 45.4 Å². The molecule has 0 bridgehead atoms. The van der Waals surface area contributed by atoms with E-state index in [4.69, 9.17) is 26.2 Å². The Bertz CT molecular complexity index is 447. The van der Waals surface area contributed by atoms with Gasteiger partial charge < -0.3 is 9.31 Å². The highest BCUT2D eigenvalue weighted by Gasteiger charge is 2.50. The molecule has 1 heterocycles. The van der Waals surface area contributed by atoms with Gasteiger partial charge in [-0.2, -0.15) is 5.26 Å². The highest BCUT2D eigenvalue weighted by Crippen LogP contribution is 2.42. The highest BCUT2D eigenvalue weighted by molar-refractivity contribution is 6.59. The van der Waals surface area contributed by atoms with E-state index in [1.165, 1.54) is 64.2 Å². The van der Waals surface area contributed by atoms with Gasteiger partial charge in [-0.25, -0.2) is 0 Å². The first-order chi connectivity index (χ1) is 12.6. The largest absolute Gasteiger partial charge is 0.476 e. The normalized spacial score (nSPS) is 32.2. The number of hydrogen-bond acceptors (Lipinski definition) is 3. The second-order valence-electron chi connectivity index (χ2n) is 9.05. The Kier molecular flexibility index (Phi) is 7.73. The van der Waals surface area contributed by atoms with Gasteiger partial charge in [-0.15, -0.1) is 11.6 Å². The Labute approximate surface area is 165 Å². The average Bonchev–Trinajstić information content (AvgIpc) is 3.14. The van der Waals surface area contributed by atoms with Gasteiger partial charge >= 0.3 is 7.12 Å². The van der Waals surface area contributed by atoms with E-state index in [9.17, 15) is 0 Å². The molecule has 0 aromatic rings. The van der Waals surface area contributed by atoms with Gasteiger partial charge in [-0.3, -0.25) is 0 Å². The van der Waals surface area contributed by atoms with Crippen molar-refractivity contribution in [2.45, 2.75) is 102 Å². The summed E-state index contributed by atoms with van der Waals surface area (Å²) in [4.78, 5) is 0. The molecule has 0 spiro atoms. The molecule has 1 saturated heterocycles. The monoisotopic (exact) mass is 379 g/mol. The predicted molar refractivity (Wildman–Crippen MR) is 107 cm³/mol. The summed E-state index contributed by atoms with van der Waals surface area (Å²) < 4.78 is 13.1. The Morgan fingerprint density at radius 2 is 1.38 bits per heavy atom. The average molecular weight is 380 g/mol. The van der Waals surface area contributed by atoms with Gasteiger partial charge in [0.05, 0.1) is 23.6 Å². The first-order valence-electron chi connectivity index (χ1n) is 10.9. The molecule has 3 fully saturated rings. The molecule has 26 heavy (non-hydrogen) atoms. The van der Waals surface area contributed by atoms with Crippen LogP contribution in [0, 0.1) is 35.0 Å². The van der Waals surface area contributed by atoms with Crippen molar-refractivity contribution in [2.24, 2.45) is 23.7 Å². The van der Waals surface area contributed by atoms with E-state index in [2.05, 4.69) is 13.0 Å². The Balaban J connectivity index is 1.67. The third-order valence-corrected chi connectivity index (χ3v) is 7.52. The molecule has 0 N–H and O–H groups in total. The van der Waals surface area contributed by atoms with Crippen LogP contribution in [-0.4, -0.2) is 24.6 Å². The van der Waals surface area contributed by atoms with Crippen molar-refractivity contribution in [1.82, 2.24) is 0 Å². The van der Waals surface area contributed by atoms with Gasteiger partial charge in [0.15, 0.2) is 0 Å². The van der Waals surface area contributed by atoms with Crippen LogP contribution in [0.15, 0.2) is 0 Å². The quantitative estimate of drug-likeness (QED) is 0.435. The highest BCUT2D eigenvalue weighted by atomic mass is 35.5. The van der Waals surface area contributed by atoms with E-state index in [0.717, 1.165) is 6.42 Å². The van der Waals surface area contributed by atoms with Crippen molar-refractivity contribution >= 4 is 18.7 Å². The van der Waals surface area contributed by atoms with E-state index >= 15 is 0 Å². The standard InChI is InChI=1S/C21H35BClNO2/c1-15(14-24)13-16(2)21(23)22-25-19(17-9-5-3-6-10-17)20(26-22)18-11-7-4-8-12-18/h15-21H,3-13H2,1-2H3/t15?,16-,19-,20-,21-/m1/s1. The van der Waals surface area contributed by atoms with Crippen LogP contribution >= 0.6 is 11.6 Å². The van der Waals surface area contributed by atoms with Crippen LogP contribution in [0.3, 0.4) is 0 Å². The molecule has 146 valence electrons. The number of rotatable bonds is 6. The van der Waals surface area contributed by atoms with Crippen LogP contribution in [0.5, 0.6) is 0 Å². The minimum absolute atomic E-state index is 0.0240. The Morgan fingerprint density at radius 1 is 0.923 bits per heavy atom. The first-order valence-corrected chi connectivity index (χ1v) is 11.4. The topological polar surface area (TPSA) is 42.2 Å². The predicted octanol–water partition coefficient (Wildman–Crippen LogP) is 5.75. The number of nitriles is 1. The molecule has 0 aromatic heterocycles. The summed E-state index contributed by atoms with van der Waals surface area (Å²) in [6.45, 7) is 4.09. The van der Waals surface area contributed by atoms with Crippen molar-refractivity contribution in [3.05, 3.63) is 0 Å². The third-order valence-electron chi connectivity index (χ3n) is 6.88. The molecule has 3 rings (SSSR count). The molecule has 5 heteroatoms. The number of nitrogens with zero attached hydrogens (tertiary/aromatic N) is 1. The second-order valence-corrected chi connectivity index (χ2v) is 9.56. The maximum atomic E-state index is 9.10. The van der Waals surface area contributed by atoms with Crippen LogP contribution in [0.1, 0.15) is 84.5 Å². The fraction of sp³-hybridized carbons (Fsp3) is 0.952. The molecular weight excluding hydrogens is 345 g/mol. The van der Waals surface area contributed by atoms with E-state index in [1.54, 1.807) is 0 Å². The molecule has 0 amide bonds. The first kappa shape index (κ1) is 20.5. The zero-order chi connectivity index (χ0) is 18.5. The number of halogens is 1. The molecular formula is C21H35BClNO2. The summed E-state index contributed by atoms with van der Waals surface area (Å²) in [6, 6.07) is 2.32. The van der Waals surface area contributed by atoms with E-state index in [-0.39, 0.29) is 36.4 Å². The van der Waals surface area contributed by atoms with Crippen molar-refractivity contribution < 1.29 is 9.31 Å². The summed E-state index contributed by atoms with van der Waals surface area (Å²) in [5.41, 5.74) is 0. The van der Waals surface area contributed by atoms with Crippen molar-refractivity contribution in [3.8, 4) is 6.07 Å². The lowest BCUT2D eigenvalue weighted by atomic mass is 9.74. The lowest BCUT2D eigenvalue weighted by Gasteiger charge is -2.35. The smallest absolute Gasteiger partial charge is 0.404 e. The van der Waals surface area contributed by atoms with E-state index in [0.29, 0.717) is 11.8 Å². The van der Waals surface area contributed by atoms with Gasteiger partial charge in [0.1, 0.15) is 0 Å².